The minimum Gasteiger partial charge on any atom is -0.481 e. The standard InChI is InChI=1S/C29H40FNO4/c1-4-6-28(26-12-8-20(2)15-23(26)11-13-29(33)34)35-19-25(32)18-31-14-5-7-24(31)16-22-10-9-21(3)27(30)17-22/h8-10,12,15,17,24-25,28,32H,4-7,11,13-14,16,18-19H2,1-3H3,(H,33,34)/t24-,25+,28+/m0/s1. The van der Waals surface area contributed by atoms with Crippen LogP contribution in [-0.2, 0) is 22.4 Å². The average Bonchev–Trinajstić information content (AvgIpc) is 3.24. The number of β-amino-alcohol motifs (C(OH)–C–C–N with tert-alkyl or cyclic N) is 1. The van der Waals surface area contributed by atoms with Gasteiger partial charge >= 0.3 is 5.97 Å². The number of benzene rings is 2. The molecule has 1 heterocycles. The summed E-state index contributed by atoms with van der Waals surface area (Å²) in [6, 6.07) is 11.9. The fourth-order valence-corrected chi connectivity index (χ4v) is 5.05. The predicted molar refractivity (Wildman–Crippen MR) is 136 cm³/mol. The molecular weight excluding hydrogens is 445 g/mol. The van der Waals surface area contributed by atoms with Gasteiger partial charge in [-0.2, -0.15) is 0 Å². The summed E-state index contributed by atoms with van der Waals surface area (Å²) < 4.78 is 20.2. The van der Waals surface area contributed by atoms with E-state index in [0.717, 1.165) is 60.9 Å². The molecule has 2 aromatic carbocycles. The van der Waals surface area contributed by atoms with Gasteiger partial charge in [-0.3, -0.25) is 9.69 Å². The molecule has 1 fully saturated rings. The van der Waals surface area contributed by atoms with Crippen LogP contribution >= 0.6 is 0 Å². The number of aliphatic carboxylic acids is 1. The lowest BCUT2D eigenvalue weighted by Gasteiger charge is -2.28. The van der Waals surface area contributed by atoms with E-state index in [-0.39, 0.29) is 31.0 Å². The number of hydrogen-bond acceptors (Lipinski definition) is 4. The number of carboxylic acids is 1. The van der Waals surface area contributed by atoms with Gasteiger partial charge in [-0.1, -0.05) is 49.2 Å². The summed E-state index contributed by atoms with van der Waals surface area (Å²) in [5, 5.41) is 20.0. The Hall–Kier alpha value is -2.28. The minimum atomic E-state index is -0.811. The van der Waals surface area contributed by atoms with Crippen LogP contribution in [0.1, 0.15) is 72.9 Å². The number of aliphatic hydroxyl groups excluding tert-OH is 1. The molecule has 0 amide bonds. The van der Waals surface area contributed by atoms with Crippen molar-refractivity contribution >= 4 is 5.97 Å². The highest BCUT2D eigenvalue weighted by Crippen LogP contribution is 2.29. The zero-order valence-corrected chi connectivity index (χ0v) is 21.3. The number of carboxylic acid groups (broad SMARTS) is 1. The van der Waals surface area contributed by atoms with Gasteiger partial charge in [0.25, 0.3) is 0 Å². The van der Waals surface area contributed by atoms with E-state index in [9.17, 15) is 14.3 Å². The maximum atomic E-state index is 14.0. The Morgan fingerprint density at radius 3 is 2.74 bits per heavy atom. The normalized spacial score (nSPS) is 18.0. The van der Waals surface area contributed by atoms with Crippen molar-refractivity contribution in [2.75, 3.05) is 19.7 Å². The molecule has 5 nitrogen and oxygen atoms in total. The molecule has 0 saturated carbocycles. The molecule has 3 atom stereocenters. The van der Waals surface area contributed by atoms with Crippen molar-refractivity contribution in [3.05, 3.63) is 70.0 Å². The summed E-state index contributed by atoms with van der Waals surface area (Å²) in [5.74, 6) is -0.976. The van der Waals surface area contributed by atoms with Gasteiger partial charge in [0.15, 0.2) is 0 Å². The van der Waals surface area contributed by atoms with Crippen LogP contribution in [0.5, 0.6) is 0 Å². The molecule has 3 rings (SSSR count). The third-order valence-electron chi connectivity index (χ3n) is 6.95. The molecule has 192 valence electrons. The summed E-state index contributed by atoms with van der Waals surface area (Å²) in [6.45, 7) is 7.54. The van der Waals surface area contributed by atoms with Crippen molar-refractivity contribution in [2.24, 2.45) is 0 Å². The monoisotopic (exact) mass is 485 g/mol. The average molecular weight is 486 g/mol. The van der Waals surface area contributed by atoms with Crippen LogP contribution in [0.2, 0.25) is 0 Å². The van der Waals surface area contributed by atoms with Gasteiger partial charge in [0, 0.05) is 19.0 Å². The van der Waals surface area contributed by atoms with Gasteiger partial charge in [0.1, 0.15) is 5.82 Å². The number of hydrogen-bond donors (Lipinski definition) is 2. The molecule has 1 aliphatic heterocycles. The van der Waals surface area contributed by atoms with E-state index in [0.29, 0.717) is 18.5 Å². The fourth-order valence-electron chi connectivity index (χ4n) is 5.05. The van der Waals surface area contributed by atoms with Gasteiger partial charge < -0.3 is 14.9 Å². The Bertz CT molecular complexity index is 979. The van der Waals surface area contributed by atoms with Crippen LogP contribution in [-0.4, -0.2) is 52.9 Å². The third kappa shape index (κ3) is 8.13. The van der Waals surface area contributed by atoms with E-state index in [1.54, 1.807) is 13.0 Å². The van der Waals surface area contributed by atoms with Crippen molar-refractivity contribution in [1.29, 1.82) is 0 Å². The van der Waals surface area contributed by atoms with Crippen LogP contribution in [0.25, 0.3) is 0 Å². The van der Waals surface area contributed by atoms with Crippen molar-refractivity contribution in [3.8, 4) is 0 Å². The summed E-state index contributed by atoms with van der Waals surface area (Å²) in [6.07, 6.45) is 4.36. The molecule has 35 heavy (non-hydrogen) atoms. The number of halogens is 1. The number of ether oxygens (including phenoxy) is 1. The van der Waals surface area contributed by atoms with Crippen LogP contribution in [0.15, 0.2) is 36.4 Å². The number of rotatable bonds is 13. The number of nitrogens with zero attached hydrogens (tertiary/aromatic N) is 1. The number of likely N-dealkylation sites (tertiary alicyclic amines) is 1. The Balaban J connectivity index is 1.60. The first-order valence-electron chi connectivity index (χ1n) is 12.9. The molecule has 0 spiro atoms. The second-order valence-electron chi connectivity index (χ2n) is 9.94. The van der Waals surface area contributed by atoms with E-state index < -0.39 is 12.1 Å². The van der Waals surface area contributed by atoms with Crippen LogP contribution in [0, 0.1) is 19.7 Å². The lowest BCUT2D eigenvalue weighted by Crippen LogP contribution is -2.39. The van der Waals surface area contributed by atoms with E-state index in [1.807, 2.05) is 37.3 Å². The zero-order chi connectivity index (χ0) is 25.4. The van der Waals surface area contributed by atoms with Gasteiger partial charge in [0.05, 0.1) is 18.8 Å². The largest absolute Gasteiger partial charge is 0.481 e. The Morgan fingerprint density at radius 2 is 2.03 bits per heavy atom. The molecule has 2 aromatic rings. The molecule has 0 unspecified atom stereocenters. The van der Waals surface area contributed by atoms with Crippen LogP contribution < -0.4 is 0 Å². The van der Waals surface area contributed by atoms with Crippen LogP contribution in [0.3, 0.4) is 0 Å². The highest BCUT2D eigenvalue weighted by molar-refractivity contribution is 5.67. The summed E-state index contributed by atoms with van der Waals surface area (Å²) in [7, 11) is 0. The van der Waals surface area contributed by atoms with Crippen molar-refractivity contribution in [3.63, 3.8) is 0 Å². The lowest BCUT2D eigenvalue weighted by molar-refractivity contribution is -0.136. The fraction of sp³-hybridized carbons (Fsp3) is 0.552. The number of aliphatic hydroxyl groups is 1. The van der Waals surface area contributed by atoms with Gasteiger partial charge in [-0.05, 0) is 80.8 Å². The van der Waals surface area contributed by atoms with E-state index >= 15 is 0 Å². The van der Waals surface area contributed by atoms with Crippen molar-refractivity contribution < 1.29 is 24.1 Å². The first-order valence-corrected chi connectivity index (χ1v) is 12.9. The molecule has 2 N–H and O–H groups in total. The Kier molecular flexibility index (Phi) is 10.3. The molecule has 6 heteroatoms. The van der Waals surface area contributed by atoms with E-state index in [4.69, 9.17) is 9.84 Å². The zero-order valence-electron chi connectivity index (χ0n) is 21.3. The van der Waals surface area contributed by atoms with Crippen molar-refractivity contribution in [1.82, 2.24) is 4.90 Å². The first-order chi connectivity index (χ1) is 16.8. The second-order valence-corrected chi connectivity index (χ2v) is 9.94. The van der Waals surface area contributed by atoms with E-state index in [1.165, 1.54) is 0 Å². The molecule has 1 saturated heterocycles. The molecule has 0 aliphatic carbocycles. The number of aryl methyl sites for hydroxylation is 3. The quantitative estimate of drug-likeness (QED) is 0.398. The van der Waals surface area contributed by atoms with Crippen molar-refractivity contribution in [2.45, 2.75) is 84.0 Å². The number of carbonyl (C=O) groups is 1. The Labute approximate surface area is 208 Å². The minimum absolute atomic E-state index is 0.0825. The molecular formula is C29H40FNO4. The summed E-state index contributed by atoms with van der Waals surface area (Å²) in [5.41, 5.74) is 4.77. The first kappa shape index (κ1) is 27.3. The SMILES string of the molecule is CCC[C@@H](OC[C@H](O)CN1CCC[C@H]1Cc1ccc(C)c(F)c1)c1ccc(C)cc1CCC(=O)O. The Morgan fingerprint density at radius 1 is 1.23 bits per heavy atom. The highest BCUT2D eigenvalue weighted by atomic mass is 19.1. The lowest BCUT2D eigenvalue weighted by atomic mass is 9.94. The van der Waals surface area contributed by atoms with Gasteiger partial charge in [0.2, 0.25) is 0 Å². The maximum Gasteiger partial charge on any atom is 0.303 e. The summed E-state index contributed by atoms with van der Waals surface area (Å²) >= 11 is 0. The predicted octanol–water partition coefficient (Wildman–Crippen LogP) is 5.39. The smallest absolute Gasteiger partial charge is 0.303 e. The molecule has 0 radical (unpaired) electrons. The molecule has 1 aliphatic rings. The van der Waals surface area contributed by atoms with E-state index in [2.05, 4.69) is 11.8 Å². The topological polar surface area (TPSA) is 70.0 Å². The van der Waals surface area contributed by atoms with Crippen LogP contribution in [0.4, 0.5) is 4.39 Å². The molecule has 0 bridgehead atoms. The second kappa shape index (κ2) is 13.1. The van der Waals surface area contributed by atoms with Gasteiger partial charge in [-0.15, -0.1) is 0 Å². The molecule has 0 aromatic heterocycles. The third-order valence-corrected chi connectivity index (χ3v) is 6.95. The van der Waals surface area contributed by atoms with Gasteiger partial charge in [-0.25, -0.2) is 4.39 Å². The maximum absolute atomic E-state index is 14.0. The highest BCUT2D eigenvalue weighted by Gasteiger charge is 2.27. The summed E-state index contributed by atoms with van der Waals surface area (Å²) in [4.78, 5) is 13.4.